The number of tetrazole rings is 1. The number of aromatic amines is 1. The summed E-state index contributed by atoms with van der Waals surface area (Å²) in [5.41, 5.74) is 4.06. The van der Waals surface area contributed by atoms with E-state index in [0.717, 1.165) is 27.9 Å². The summed E-state index contributed by atoms with van der Waals surface area (Å²) in [5, 5.41) is 13.4. The van der Waals surface area contributed by atoms with E-state index in [2.05, 4.69) is 45.6 Å². The maximum Gasteiger partial charge on any atom is 0.257 e. The fourth-order valence-electron chi connectivity index (χ4n) is 4.76. The van der Waals surface area contributed by atoms with E-state index < -0.39 is 0 Å². The normalized spacial score (nSPS) is 16.1. The molecule has 4 rings (SSSR count). The van der Waals surface area contributed by atoms with Gasteiger partial charge in [-0.2, -0.15) is 0 Å². The van der Waals surface area contributed by atoms with Crippen LogP contribution in [0.2, 0.25) is 0 Å². The Hall–Kier alpha value is -2.58. The van der Waals surface area contributed by atoms with Crippen LogP contribution in [-0.2, 0) is 24.4 Å². The summed E-state index contributed by atoms with van der Waals surface area (Å²) in [4.78, 5) is 17.5. The number of hydrogen-bond acceptors (Lipinski definition) is 5. The minimum absolute atomic E-state index is 0.00786. The van der Waals surface area contributed by atoms with Gasteiger partial charge in [0.25, 0.3) is 5.56 Å². The predicted octanol–water partition coefficient (Wildman–Crippen LogP) is 1.70. The van der Waals surface area contributed by atoms with Gasteiger partial charge in [0.15, 0.2) is 0 Å². The third-order valence-corrected chi connectivity index (χ3v) is 6.62. The number of quaternary nitrogens is 1. The lowest BCUT2D eigenvalue weighted by atomic mass is 9.93. The van der Waals surface area contributed by atoms with E-state index in [4.69, 9.17) is 4.74 Å². The van der Waals surface area contributed by atoms with Crippen molar-refractivity contribution in [3.05, 3.63) is 51.1 Å². The van der Waals surface area contributed by atoms with E-state index in [-0.39, 0.29) is 5.56 Å². The SMILES string of the molecule is COCCn1nnnc1C[NH+](Cc1cc2c(C)ccc(C)c2[nH]c1=O)C1CCCCC1. The van der Waals surface area contributed by atoms with Gasteiger partial charge in [-0.25, -0.2) is 4.68 Å². The number of hydrogen-bond donors (Lipinski definition) is 2. The number of H-pyrrole nitrogens is 1. The molecule has 0 spiro atoms. The van der Waals surface area contributed by atoms with Gasteiger partial charge < -0.3 is 14.6 Å². The lowest BCUT2D eigenvalue weighted by Crippen LogP contribution is -3.13. The molecule has 0 bridgehead atoms. The standard InChI is InChI=1S/C23H32N6O2/c1-16-9-10-17(2)22-20(16)13-18(23(30)24-22)14-28(19-7-5-4-6-8-19)15-21-25-26-27-29(21)11-12-31-3/h9-10,13,19H,4-8,11-12,14-15H2,1-3H3,(H,24,30)/p+1. The second-order valence-electron chi connectivity index (χ2n) is 8.77. The highest BCUT2D eigenvalue weighted by Crippen LogP contribution is 2.20. The quantitative estimate of drug-likeness (QED) is 0.573. The van der Waals surface area contributed by atoms with Crippen molar-refractivity contribution in [3.63, 3.8) is 0 Å². The molecule has 1 aromatic carbocycles. The lowest BCUT2D eigenvalue weighted by molar-refractivity contribution is -0.954. The van der Waals surface area contributed by atoms with Crippen molar-refractivity contribution in [2.24, 2.45) is 0 Å². The molecule has 0 aliphatic heterocycles. The maximum absolute atomic E-state index is 13.0. The molecule has 8 heteroatoms. The molecule has 3 aromatic rings. The Balaban J connectivity index is 1.65. The smallest absolute Gasteiger partial charge is 0.257 e. The summed E-state index contributed by atoms with van der Waals surface area (Å²) in [7, 11) is 1.68. The van der Waals surface area contributed by atoms with Crippen LogP contribution in [0.4, 0.5) is 0 Å². The Morgan fingerprint density at radius 3 is 2.71 bits per heavy atom. The highest BCUT2D eigenvalue weighted by Gasteiger charge is 2.28. The van der Waals surface area contributed by atoms with E-state index in [0.29, 0.717) is 32.3 Å². The first-order valence-corrected chi connectivity index (χ1v) is 11.3. The van der Waals surface area contributed by atoms with Gasteiger partial charge in [-0.15, -0.1) is 5.10 Å². The van der Waals surface area contributed by atoms with Gasteiger partial charge in [-0.05, 0) is 67.2 Å². The molecule has 1 atom stereocenters. The van der Waals surface area contributed by atoms with E-state index in [1.807, 2.05) is 11.6 Å². The van der Waals surface area contributed by atoms with E-state index in [1.54, 1.807) is 7.11 Å². The van der Waals surface area contributed by atoms with Crippen LogP contribution in [-0.4, -0.2) is 44.9 Å². The van der Waals surface area contributed by atoms with Gasteiger partial charge >= 0.3 is 0 Å². The largest absolute Gasteiger partial charge is 0.383 e. The molecular formula is C23H33N6O2+. The fourth-order valence-corrected chi connectivity index (χ4v) is 4.76. The number of ether oxygens (including phenoxy) is 1. The summed E-state index contributed by atoms with van der Waals surface area (Å²) < 4.78 is 7.02. The van der Waals surface area contributed by atoms with Crippen molar-refractivity contribution >= 4 is 10.9 Å². The summed E-state index contributed by atoms with van der Waals surface area (Å²) in [6.45, 7) is 6.70. The predicted molar refractivity (Wildman–Crippen MR) is 119 cm³/mol. The number of benzene rings is 1. The van der Waals surface area contributed by atoms with Crippen molar-refractivity contribution in [1.29, 1.82) is 0 Å². The maximum atomic E-state index is 13.0. The molecule has 0 saturated heterocycles. The highest BCUT2D eigenvalue weighted by molar-refractivity contribution is 5.85. The highest BCUT2D eigenvalue weighted by atomic mass is 16.5. The average Bonchev–Trinajstić information content (AvgIpc) is 3.23. The third-order valence-electron chi connectivity index (χ3n) is 6.62. The Labute approximate surface area is 182 Å². The van der Waals surface area contributed by atoms with Gasteiger partial charge in [-0.3, -0.25) is 4.79 Å². The van der Waals surface area contributed by atoms with Crippen LogP contribution in [0, 0.1) is 13.8 Å². The van der Waals surface area contributed by atoms with Crippen molar-refractivity contribution in [3.8, 4) is 0 Å². The van der Waals surface area contributed by atoms with E-state index in [9.17, 15) is 4.79 Å². The van der Waals surface area contributed by atoms with Crippen LogP contribution in [0.15, 0.2) is 23.0 Å². The zero-order chi connectivity index (χ0) is 21.8. The van der Waals surface area contributed by atoms with Crippen LogP contribution in [0.25, 0.3) is 10.9 Å². The van der Waals surface area contributed by atoms with Crippen LogP contribution in [0.3, 0.4) is 0 Å². The van der Waals surface area contributed by atoms with E-state index in [1.165, 1.54) is 42.6 Å². The van der Waals surface area contributed by atoms with Crippen molar-refractivity contribution in [2.75, 3.05) is 13.7 Å². The van der Waals surface area contributed by atoms with Gasteiger partial charge in [0.05, 0.1) is 30.3 Å². The van der Waals surface area contributed by atoms with Crippen molar-refractivity contribution in [1.82, 2.24) is 25.2 Å². The van der Waals surface area contributed by atoms with Crippen LogP contribution in [0.1, 0.15) is 54.6 Å². The first kappa shape index (κ1) is 21.6. The first-order valence-electron chi connectivity index (χ1n) is 11.3. The molecular weight excluding hydrogens is 392 g/mol. The molecule has 0 radical (unpaired) electrons. The number of methoxy groups -OCH3 is 1. The number of pyridine rings is 1. The Kier molecular flexibility index (Phi) is 6.77. The zero-order valence-electron chi connectivity index (χ0n) is 18.8. The van der Waals surface area contributed by atoms with Crippen molar-refractivity contribution in [2.45, 2.75) is 71.6 Å². The minimum atomic E-state index is 0.00786. The molecule has 2 aromatic heterocycles. The third kappa shape index (κ3) is 4.85. The van der Waals surface area contributed by atoms with Crippen LogP contribution < -0.4 is 10.5 Å². The second kappa shape index (κ2) is 9.70. The van der Waals surface area contributed by atoms with Crippen molar-refractivity contribution < 1.29 is 9.64 Å². The number of nitrogens with one attached hydrogen (secondary N) is 2. The zero-order valence-corrected chi connectivity index (χ0v) is 18.8. The Morgan fingerprint density at radius 2 is 1.94 bits per heavy atom. The van der Waals surface area contributed by atoms with Gasteiger partial charge in [0, 0.05) is 12.5 Å². The minimum Gasteiger partial charge on any atom is -0.383 e. The molecule has 166 valence electrons. The molecule has 2 heterocycles. The summed E-state index contributed by atoms with van der Waals surface area (Å²) in [5.74, 6) is 0.849. The first-order chi connectivity index (χ1) is 15.1. The molecule has 2 N–H and O–H groups in total. The summed E-state index contributed by atoms with van der Waals surface area (Å²) in [6.07, 6.45) is 6.14. The van der Waals surface area contributed by atoms with Gasteiger partial charge in [0.1, 0.15) is 13.1 Å². The number of rotatable bonds is 8. The topological polar surface area (TPSA) is 90.1 Å². The number of nitrogens with zero attached hydrogens (tertiary/aromatic N) is 4. The average molecular weight is 426 g/mol. The molecule has 31 heavy (non-hydrogen) atoms. The van der Waals surface area contributed by atoms with Gasteiger partial charge in [-0.1, -0.05) is 18.6 Å². The number of fused-ring (bicyclic) bond motifs is 1. The Morgan fingerprint density at radius 1 is 1.16 bits per heavy atom. The molecule has 0 amide bonds. The molecule has 1 aliphatic carbocycles. The van der Waals surface area contributed by atoms with Crippen LogP contribution >= 0.6 is 0 Å². The second-order valence-corrected chi connectivity index (χ2v) is 8.77. The number of aryl methyl sites for hydroxylation is 2. The fraction of sp³-hybridized carbons (Fsp3) is 0.565. The number of aromatic nitrogens is 5. The monoisotopic (exact) mass is 425 g/mol. The molecule has 1 aliphatic rings. The van der Waals surface area contributed by atoms with E-state index >= 15 is 0 Å². The van der Waals surface area contributed by atoms with Crippen LogP contribution in [0.5, 0.6) is 0 Å². The molecule has 1 fully saturated rings. The lowest BCUT2D eigenvalue weighted by Gasteiger charge is -2.31. The Bertz CT molecular complexity index is 1080. The molecule has 1 unspecified atom stereocenters. The molecule has 8 nitrogen and oxygen atoms in total. The summed E-state index contributed by atoms with van der Waals surface area (Å²) in [6, 6.07) is 6.78. The molecule has 1 saturated carbocycles. The summed E-state index contributed by atoms with van der Waals surface area (Å²) >= 11 is 0. The van der Waals surface area contributed by atoms with Gasteiger partial charge in [0.2, 0.25) is 5.82 Å².